The maximum absolute atomic E-state index is 11.5. The lowest BCUT2D eigenvalue weighted by Gasteiger charge is -2.14. The van der Waals surface area contributed by atoms with E-state index in [0.29, 0.717) is 19.5 Å². The molecule has 0 aliphatic carbocycles. The Balaban J connectivity index is 1.87. The molecule has 16 heavy (non-hydrogen) atoms. The predicted octanol–water partition coefficient (Wildman–Crippen LogP) is 0.755. The van der Waals surface area contributed by atoms with Crippen molar-refractivity contribution < 1.29 is 19.1 Å². The molecule has 1 aliphatic heterocycles. The number of rotatable bonds is 4. The summed E-state index contributed by atoms with van der Waals surface area (Å²) in [6, 6.07) is 1.84. The molecule has 86 valence electrons. The summed E-state index contributed by atoms with van der Waals surface area (Å²) in [6.45, 7) is 0.883. The Hall–Kier alpha value is -1.78. The second-order valence-corrected chi connectivity index (χ2v) is 3.96. The number of amides is 1. The van der Waals surface area contributed by atoms with Crippen molar-refractivity contribution in [3.63, 3.8) is 0 Å². The first-order valence-corrected chi connectivity index (χ1v) is 5.18. The largest absolute Gasteiger partial charge is 0.481 e. The molecular weight excluding hydrogens is 210 g/mol. The van der Waals surface area contributed by atoms with Crippen molar-refractivity contribution in [1.29, 1.82) is 0 Å². The predicted molar refractivity (Wildman–Crippen MR) is 54.7 cm³/mol. The highest BCUT2D eigenvalue weighted by atomic mass is 16.4. The molecule has 1 aliphatic rings. The van der Waals surface area contributed by atoms with Crippen LogP contribution in [-0.2, 0) is 16.0 Å². The Morgan fingerprint density at radius 3 is 3.00 bits per heavy atom. The molecular formula is C11H13NO4. The van der Waals surface area contributed by atoms with E-state index in [0.717, 1.165) is 5.56 Å². The van der Waals surface area contributed by atoms with Gasteiger partial charge in [0.2, 0.25) is 5.91 Å². The van der Waals surface area contributed by atoms with Crippen molar-refractivity contribution in [1.82, 2.24) is 4.90 Å². The molecule has 0 spiro atoms. The van der Waals surface area contributed by atoms with Crippen LogP contribution in [-0.4, -0.2) is 35.0 Å². The van der Waals surface area contributed by atoms with E-state index < -0.39 is 11.9 Å². The summed E-state index contributed by atoms with van der Waals surface area (Å²) in [4.78, 5) is 23.8. The summed E-state index contributed by atoms with van der Waals surface area (Å²) in [5.41, 5.74) is 1.02. The van der Waals surface area contributed by atoms with E-state index in [1.54, 1.807) is 17.4 Å². The molecule has 1 unspecified atom stereocenters. The SMILES string of the molecule is O=C(O)C1CC(=O)N(CCc2ccoc2)C1. The highest BCUT2D eigenvalue weighted by Gasteiger charge is 2.33. The standard InChI is InChI=1S/C11H13NO4/c13-10-5-9(11(14)15)6-12(10)3-1-8-2-4-16-7-8/h2,4,7,9H,1,3,5-6H2,(H,14,15). The summed E-state index contributed by atoms with van der Waals surface area (Å²) in [6.07, 6.45) is 4.05. The molecule has 1 aromatic heterocycles. The first-order valence-electron chi connectivity index (χ1n) is 5.18. The summed E-state index contributed by atoms with van der Waals surface area (Å²) < 4.78 is 4.92. The van der Waals surface area contributed by atoms with Crippen molar-refractivity contribution in [2.45, 2.75) is 12.8 Å². The average Bonchev–Trinajstić information content (AvgIpc) is 2.84. The molecule has 1 amide bonds. The number of furan rings is 1. The molecule has 0 bridgehead atoms. The molecule has 2 heterocycles. The molecule has 1 N–H and O–H groups in total. The Labute approximate surface area is 92.7 Å². The molecule has 1 saturated heterocycles. The van der Waals surface area contributed by atoms with Crippen LogP contribution in [0, 0.1) is 5.92 Å². The fourth-order valence-electron chi connectivity index (χ4n) is 1.85. The highest BCUT2D eigenvalue weighted by molar-refractivity contribution is 5.86. The summed E-state index contributed by atoms with van der Waals surface area (Å²) in [7, 11) is 0. The van der Waals surface area contributed by atoms with Gasteiger partial charge in [-0.3, -0.25) is 9.59 Å². The van der Waals surface area contributed by atoms with Gasteiger partial charge in [0, 0.05) is 19.5 Å². The molecule has 0 saturated carbocycles. The third-order valence-electron chi connectivity index (χ3n) is 2.81. The third kappa shape index (κ3) is 2.24. The van der Waals surface area contributed by atoms with E-state index in [9.17, 15) is 9.59 Å². The molecule has 5 nitrogen and oxygen atoms in total. The average molecular weight is 223 g/mol. The summed E-state index contributed by atoms with van der Waals surface area (Å²) in [5.74, 6) is -1.51. The minimum absolute atomic E-state index is 0.0732. The van der Waals surface area contributed by atoms with E-state index in [1.807, 2.05) is 6.07 Å². The lowest BCUT2D eigenvalue weighted by Crippen LogP contribution is -2.28. The Bertz CT molecular complexity index is 385. The van der Waals surface area contributed by atoms with Crippen LogP contribution in [0.5, 0.6) is 0 Å². The van der Waals surface area contributed by atoms with Gasteiger partial charge in [0.25, 0.3) is 0 Å². The lowest BCUT2D eigenvalue weighted by atomic mass is 10.1. The van der Waals surface area contributed by atoms with E-state index >= 15 is 0 Å². The normalized spacial score (nSPS) is 20.4. The van der Waals surface area contributed by atoms with E-state index in [4.69, 9.17) is 9.52 Å². The lowest BCUT2D eigenvalue weighted by molar-refractivity contribution is -0.141. The van der Waals surface area contributed by atoms with Gasteiger partial charge in [0.05, 0.1) is 18.4 Å². The van der Waals surface area contributed by atoms with Crippen LogP contribution in [0.4, 0.5) is 0 Å². The zero-order valence-corrected chi connectivity index (χ0v) is 8.76. The van der Waals surface area contributed by atoms with Crippen molar-refractivity contribution in [3.8, 4) is 0 Å². The quantitative estimate of drug-likeness (QED) is 0.817. The summed E-state index contributed by atoms with van der Waals surface area (Å²) >= 11 is 0. The minimum Gasteiger partial charge on any atom is -0.481 e. The van der Waals surface area contributed by atoms with Gasteiger partial charge in [-0.1, -0.05) is 0 Å². The molecule has 5 heteroatoms. The minimum atomic E-state index is -0.890. The molecule has 0 radical (unpaired) electrons. The number of nitrogens with zero attached hydrogens (tertiary/aromatic N) is 1. The molecule has 1 fully saturated rings. The third-order valence-corrected chi connectivity index (χ3v) is 2.81. The topological polar surface area (TPSA) is 70.8 Å². The molecule has 2 rings (SSSR count). The fourth-order valence-corrected chi connectivity index (χ4v) is 1.85. The van der Waals surface area contributed by atoms with Crippen LogP contribution in [0.3, 0.4) is 0 Å². The zero-order chi connectivity index (χ0) is 11.5. The maximum Gasteiger partial charge on any atom is 0.308 e. The van der Waals surface area contributed by atoms with Gasteiger partial charge in [-0.15, -0.1) is 0 Å². The highest BCUT2D eigenvalue weighted by Crippen LogP contribution is 2.18. The first-order chi connectivity index (χ1) is 7.66. The second kappa shape index (κ2) is 4.38. The van der Waals surface area contributed by atoms with Gasteiger partial charge in [-0.2, -0.15) is 0 Å². The number of hydrogen-bond acceptors (Lipinski definition) is 3. The number of carboxylic acid groups (broad SMARTS) is 1. The molecule has 0 aromatic carbocycles. The van der Waals surface area contributed by atoms with Gasteiger partial charge in [0.15, 0.2) is 0 Å². The Morgan fingerprint density at radius 2 is 2.44 bits per heavy atom. The molecule has 1 aromatic rings. The number of carboxylic acids is 1. The van der Waals surface area contributed by atoms with Crippen LogP contribution in [0.1, 0.15) is 12.0 Å². The van der Waals surface area contributed by atoms with E-state index in [1.165, 1.54) is 0 Å². The van der Waals surface area contributed by atoms with Crippen molar-refractivity contribution in [2.24, 2.45) is 5.92 Å². The van der Waals surface area contributed by atoms with Gasteiger partial charge >= 0.3 is 5.97 Å². The van der Waals surface area contributed by atoms with Crippen molar-refractivity contribution in [3.05, 3.63) is 24.2 Å². The number of hydrogen-bond donors (Lipinski definition) is 1. The van der Waals surface area contributed by atoms with Crippen LogP contribution in [0.2, 0.25) is 0 Å². The summed E-state index contributed by atoms with van der Waals surface area (Å²) in [5, 5.41) is 8.81. The fraction of sp³-hybridized carbons (Fsp3) is 0.455. The van der Waals surface area contributed by atoms with Crippen molar-refractivity contribution >= 4 is 11.9 Å². The van der Waals surface area contributed by atoms with Crippen LogP contribution in [0.25, 0.3) is 0 Å². The number of likely N-dealkylation sites (tertiary alicyclic amines) is 1. The van der Waals surface area contributed by atoms with E-state index in [2.05, 4.69) is 0 Å². The van der Waals surface area contributed by atoms with Crippen LogP contribution in [0.15, 0.2) is 23.0 Å². The van der Waals surface area contributed by atoms with Crippen molar-refractivity contribution in [2.75, 3.05) is 13.1 Å². The van der Waals surface area contributed by atoms with Gasteiger partial charge < -0.3 is 14.4 Å². The number of carbonyl (C=O) groups excluding carboxylic acids is 1. The number of carbonyl (C=O) groups is 2. The van der Waals surface area contributed by atoms with Gasteiger partial charge in [-0.25, -0.2) is 0 Å². The monoisotopic (exact) mass is 223 g/mol. The zero-order valence-electron chi connectivity index (χ0n) is 8.76. The van der Waals surface area contributed by atoms with Crippen LogP contribution >= 0.6 is 0 Å². The molecule has 1 atom stereocenters. The van der Waals surface area contributed by atoms with Gasteiger partial charge in [-0.05, 0) is 18.1 Å². The Morgan fingerprint density at radius 1 is 1.62 bits per heavy atom. The van der Waals surface area contributed by atoms with E-state index in [-0.39, 0.29) is 12.3 Å². The first kappa shape index (κ1) is 10.7. The maximum atomic E-state index is 11.5. The van der Waals surface area contributed by atoms with Gasteiger partial charge in [0.1, 0.15) is 0 Å². The smallest absolute Gasteiger partial charge is 0.308 e. The second-order valence-electron chi connectivity index (χ2n) is 3.96. The number of aliphatic carboxylic acids is 1. The van der Waals surface area contributed by atoms with Crippen LogP contribution < -0.4 is 0 Å². The Kier molecular flexibility index (Phi) is 2.94.